The summed E-state index contributed by atoms with van der Waals surface area (Å²) in [5.41, 5.74) is 9.00. The Morgan fingerprint density at radius 2 is 1.97 bits per heavy atom. The quantitative estimate of drug-likeness (QED) is 0.549. The molecule has 0 fully saturated rings. The van der Waals surface area contributed by atoms with Gasteiger partial charge in [-0.3, -0.25) is 9.69 Å². The molecule has 4 nitrogen and oxygen atoms in total. The fraction of sp³-hybridized carbons (Fsp3) is 0.333. The molecule has 160 valence electrons. The second-order valence-electron chi connectivity index (χ2n) is 8.74. The van der Waals surface area contributed by atoms with Crippen molar-refractivity contribution in [2.45, 2.75) is 46.0 Å². The third-order valence-corrected chi connectivity index (χ3v) is 7.89. The topological polar surface area (TPSA) is 70.1 Å². The minimum Gasteiger partial charge on any atom is -0.384 e. The van der Waals surface area contributed by atoms with Crippen LogP contribution in [0.3, 0.4) is 0 Å². The summed E-state index contributed by atoms with van der Waals surface area (Å²) >= 11 is 14.1. The van der Waals surface area contributed by atoms with E-state index in [2.05, 4.69) is 32.9 Å². The third-order valence-electron chi connectivity index (χ3n) is 5.86. The average molecular weight is 472 g/mol. The summed E-state index contributed by atoms with van der Waals surface area (Å²) in [6.07, 6.45) is 2.00. The zero-order chi connectivity index (χ0) is 22.5. The Bertz CT molecular complexity index is 1190. The first kappa shape index (κ1) is 22.0. The first-order valence-electron chi connectivity index (χ1n) is 10.2. The number of nitrogens with two attached hydrogens (primary N) is 1. The van der Waals surface area contributed by atoms with Crippen LogP contribution in [-0.2, 0) is 11.2 Å². The fourth-order valence-electron chi connectivity index (χ4n) is 4.45. The zero-order valence-corrected chi connectivity index (χ0v) is 20.0. The van der Waals surface area contributed by atoms with Gasteiger partial charge >= 0.3 is 0 Å². The minimum absolute atomic E-state index is 0.0630. The van der Waals surface area contributed by atoms with Crippen molar-refractivity contribution in [3.8, 4) is 6.07 Å². The minimum atomic E-state index is -0.437. The van der Waals surface area contributed by atoms with Crippen LogP contribution in [0.5, 0.6) is 0 Å². The molecule has 2 heterocycles. The highest BCUT2D eigenvalue weighted by Crippen LogP contribution is 2.51. The largest absolute Gasteiger partial charge is 0.384 e. The molecule has 7 heteroatoms. The Labute approximate surface area is 196 Å². The molecule has 1 aliphatic carbocycles. The highest BCUT2D eigenvalue weighted by Gasteiger charge is 2.45. The number of hydrogen-bond acceptors (Lipinski definition) is 5. The standard InChI is InChI=1S/C24H23Cl2N3OS/c1-4-14-6-8-20(31-14)21-15(12-27)23(28)29(13-5-7-16(25)17(26)9-13)18-10-24(2,3)11-19(30)22(18)21/h5-9,21H,4,10-11,28H2,1-3H3/t21-/m0/s1. The van der Waals surface area contributed by atoms with Gasteiger partial charge in [-0.2, -0.15) is 5.26 Å². The number of carbonyl (C=O) groups excluding carboxylic acids is 1. The van der Waals surface area contributed by atoms with Crippen LogP contribution in [0.2, 0.25) is 10.0 Å². The van der Waals surface area contributed by atoms with Gasteiger partial charge in [0.15, 0.2) is 5.78 Å². The van der Waals surface area contributed by atoms with Crippen molar-refractivity contribution in [3.63, 3.8) is 0 Å². The molecule has 1 aromatic heterocycles. The molecule has 0 radical (unpaired) electrons. The predicted molar refractivity (Wildman–Crippen MR) is 127 cm³/mol. The number of carbonyl (C=O) groups is 1. The van der Waals surface area contributed by atoms with Crippen molar-refractivity contribution in [2.75, 3.05) is 4.90 Å². The monoisotopic (exact) mass is 471 g/mol. The zero-order valence-electron chi connectivity index (χ0n) is 17.6. The van der Waals surface area contributed by atoms with Crippen molar-refractivity contribution in [1.82, 2.24) is 0 Å². The molecule has 2 aromatic rings. The molecule has 0 unspecified atom stereocenters. The average Bonchev–Trinajstić information content (AvgIpc) is 3.17. The van der Waals surface area contributed by atoms with Crippen LogP contribution in [0.4, 0.5) is 5.69 Å². The van der Waals surface area contributed by atoms with Crippen LogP contribution >= 0.6 is 34.5 Å². The maximum Gasteiger partial charge on any atom is 0.162 e. The van der Waals surface area contributed by atoms with E-state index in [1.165, 1.54) is 4.88 Å². The molecule has 1 atom stereocenters. The van der Waals surface area contributed by atoms with Gasteiger partial charge in [0.2, 0.25) is 0 Å². The molecule has 31 heavy (non-hydrogen) atoms. The first-order chi connectivity index (χ1) is 14.7. The molecule has 2 aliphatic rings. The summed E-state index contributed by atoms with van der Waals surface area (Å²) < 4.78 is 0. The Morgan fingerprint density at radius 3 is 2.58 bits per heavy atom. The molecule has 1 aromatic carbocycles. The van der Waals surface area contributed by atoms with Gasteiger partial charge in [0.1, 0.15) is 5.82 Å². The van der Waals surface area contributed by atoms with Crippen LogP contribution in [0.1, 0.15) is 49.3 Å². The van der Waals surface area contributed by atoms with Gasteiger partial charge in [-0.25, -0.2) is 0 Å². The lowest BCUT2D eigenvalue weighted by atomic mass is 9.69. The number of rotatable bonds is 3. The van der Waals surface area contributed by atoms with Gasteiger partial charge in [-0.15, -0.1) is 11.3 Å². The van der Waals surface area contributed by atoms with Crippen molar-refractivity contribution in [2.24, 2.45) is 11.1 Å². The number of anilines is 1. The van der Waals surface area contributed by atoms with E-state index in [1.54, 1.807) is 23.5 Å². The van der Waals surface area contributed by atoms with Crippen LogP contribution in [0, 0.1) is 16.7 Å². The molecule has 1 aliphatic heterocycles. The van der Waals surface area contributed by atoms with Gasteiger partial charge in [0, 0.05) is 33.1 Å². The van der Waals surface area contributed by atoms with Gasteiger partial charge in [-0.05, 0) is 48.6 Å². The molecule has 2 N–H and O–H groups in total. The second-order valence-corrected chi connectivity index (χ2v) is 10.8. The number of Topliss-reactive ketones (excluding diaryl/α,β-unsaturated/α-hetero) is 1. The van der Waals surface area contributed by atoms with Gasteiger partial charge in [0.25, 0.3) is 0 Å². The smallest absolute Gasteiger partial charge is 0.162 e. The molecular formula is C24H23Cl2N3OS. The van der Waals surface area contributed by atoms with Crippen molar-refractivity contribution >= 4 is 46.0 Å². The lowest BCUT2D eigenvalue weighted by Gasteiger charge is -2.43. The Morgan fingerprint density at radius 1 is 1.23 bits per heavy atom. The summed E-state index contributed by atoms with van der Waals surface area (Å²) in [6.45, 7) is 6.25. The van der Waals surface area contributed by atoms with E-state index in [0.29, 0.717) is 45.5 Å². The predicted octanol–water partition coefficient (Wildman–Crippen LogP) is 6.56. The maximum atomic E-state index is 13.5. The number of thiophene rings is 1. The summed E-state index contributed by atoms with van der Waals surface area (Å²) in [7, 11) is 0. The summed E-state index contributed by atoms with van der Waals surface area (Å²) in [6, 6.07) is 11.6. The Hall–Kier alpha value is -2.26. The first-order valence-corrected chi connectivity index (χ1v) is 11.7. The molecule has 0 amide bonds. The van der Waals surface area contributed by atoms with E-state index in [0.717, 1.165) is 17.0 Å². The van der Waals surface area contributed by atoms with Gasteiger partial charge in [-0.1, -0.05) is 44.0 Å². The van der Waals surface area contributed by atoms with E-state index < -0.39 is 5.92 Å². The number of halogens is 2. The molecule has 0 saturated carbocycles. The third kappa shape index (κ3) is 3.78. The van der Waals surface area contributed by atoms with Crippen molar-refractivity contribution < 1.29 is 4.79 Å². The molecule has 0 bridgehead atoms. The van der Waals surface area contributed by atoms with Crippen LogP contribution in [0.15, 0.2) is 53.0 Å². The van der Waals surface area contributed by atoms with E-state index in [9.17, 15) is 10.1 Å². The highest BCUT2D eigenvalue weighted by molar-refractivity contribution is 7.12. The number of nitriles is 1. The number of hydrogen-bond donors (Lipinski definition) is 1. The van der Waals surface area contributed by atoms with Crippen molar-refractivity contribution in [3.05, 3.63) is 72.8 Å². The van der Waals surface area contributed by atoms with Gasteiger partial charge in [0.05, 0.1) is 27.6 Å². The fourth-order valence-corrected chi connectivity index (χ4v) is 5.82. The van der Waals surface area contributed by atoms with Crippen LogP contribution in [0.25, 0.3) is 0 Å². The van der Waals surface area contributed by atoms with Crippen LogP contribution < -0.4 is 10.6 Å². The number of aryl methyl sites for hydroxylation is 1. The maximum absolute atomic E-state index is 13.5. The normalized spacial score (nSPS) is 20.7. The summed E-state index contributed by atoms with van der Waals surface area (Å²) in [4.78, 5) is 17.5. The number of benzene rings is 1. The molecule has 0 saturated heterocycles. The SMILES string of the molecule is CCc1ccc([C@@H]2C(C#N)=C(N)N(c3ccc(Cl)c(Cl)c3)C3=C2C(=O)CC(C)(C)C3)s1. The van der Waals surface area contributed by atoms with Crippen molar-refractivity contribution in [1.29, 1.82) is 5.26 Å². The van der Waals surface area contributed by atoms with E-state index >= 15 is 0 Å². The summed E-state index contributed by atoms with van der Waals surface area (Å²) in [5.74, 6) is -0.0393. The Kier molecular flexibility index (Phi) is 5.68. The van der Waals surface area contributed by atoms with Crippen LogP contribution in [-0.4, -0.2) is 5.78 Å². The molecular weight excluding hydrogens is 449 g/mol. The van der Waals surface area contributed by atoms with E-state index in [4.69, 9.17) is 28.9 Å². The highest BCUT2D eigenvalue weighted by atomic mass is 35.5. The number of allylic oxidation sites excluding steroid dienone is 3. The Balaban J connectivity index is 1.99. The van der Waals surface area contributed by atoms with E-state index in [-0.39, 0.29) is 11.2 Å². The second kappa shape index (κ2) is 8.02. The molecule has 4 rings (SSSR count). The number of ketones is 1. The van der Waals surface area contributed by atoms with E-state index in [1.807, 2.05) is 17.0 Å². The molecule has 0 spiro atoms. The summed E-state index contributed by atoms with van der Waals surface area (Å²) in [5, 5.41) is 10.9. The van der Waals surface area contributed by atoms with Gasteiger partial charge < -0.3 is 5.73 Å². The lowest BCUT2D eigenvalue weighted by molar-refractivity contribution is -0.118. The number of nitrogens with zero attached hydrogens (tertiary/aromatic N) is 2. The lowest BCUT2D eigenvalue weighted by Crippen LogP contribution is -2.42.